The van der Waals surface area contributed by atoms with Crippen LogP contribution >= 0.6 is 11.6 Å². The van der Waals surface area contributed by atoms with Crippen LogP contribution in [0.25, 0.3) is 10.8 Å². The van der Waals surface area contributed by atoms with E-state index in [4.69, 9.17) is 11.6 Å². The second-order valence-corrected chi connectivity index (χ2v) is 7.50. The summed E-state index contributed by atoms with van der Waals surface area (Å²) in [6.45, 7) is 4.91. The van der Waals surface area contributed by atoms with Crippen molar-refractivity contribution in [2.45, 2.75) is 26.9 Å². The topological polar surface area (TPSA) is 55.2 Å². The van der Waals surface area contributed by atoms with Gasteiger partial charge >= 0.3 is 0 Å². The van der Waals surface area contributed by atoms with E-state index in [1.54, 1.807) is 42.3 Å². The molecule has 1 aromatic heterocycles. The first kappa shape index (κ1) is 19.1. The van der Waals surface area contributed by atoms with Crippen molar-refractivity contribution in [2.75, 3.05) is 7.05 Å². The zero-order chi connectivity index (χ0) is 19.6. The molecule has 1 amide bonds. The Balaban J connectivity index is 2.01. The minimum absolute atomic E-state index is 0.170. The molecule has 3 aromatic rings. The lowest BCUT2D eigenvalue weighted by Crippen LogP contribution is -2.32. The van der Waals surface area contributed by atoms with Crippen molar-refractivity contribution in [2.24, 2.45) is 5.92 Å². The van der Waals surface area contributed by atoms with Crippen LogP contribution in [-0.4, -0.2) is 27.6 Å². The maximum absolute atomic E-state index is 13.1. The Morgan fingerprint density at radius 2 is 1.74 bits per heavy atom. The number of aromatic nitrogens is 2. The van der Waals surface area contributed by atoms with Gasteiger partial charge in [0.1, 0.15) is 0 Å². The summed E-state index contributed by atoms with van der Waals surface area (Å²) in [4.78, 5) is 27.4. The molecule has 2 aromatic carbocycles. The highest BCUT2D eigenvalue weighted by atomic mass is 35.5. The number of amides is 1. The second-order valence-electron chi connectivity index (χ2n) is 7.06. The highest BCUT2D eigenvalue weighted by Crippen LogP contribution is 2.17. The first-order valence-electron chi connectivity index (χ1n) is 8.86. The average molecular weight is 384 g/mol. The Bertz CT molecular complexity index is 1030. The Labute approximate surface area is 163 Å². The smallest absolute Gasteiger partial charge is 0.274 e. The van der Waals surface area contributed by atoms with Crippen LogP contribution in [0.5, 0.6) is 0 Å². The molecular weight excluding hydrogens is 362 g/mol. The third-order valence-corrected chi connectivity index (χ3v) is 4.54. The third-order valence-electron chi connectivity index (χ3n) is 4.29. The van der Waals surface area contributed by atoms with Gasteiger partial charge in [-0.05, 0) is 29.7 Å². The molecule has 0 saturated carbocycles. The van der Waals surface area contributed by atoms with E-state index in [0.29, 0.717) is 34.6 Å². The SMILES string of the molecule is CC(C)Cn1nc(C(=O)N(C)Cc2ccc(Cl)cc2)c2ccccc2c1=O. The van der Waals surface area contributed by atoms with Crippen molar-refractivity contribution >= 4 is 28.3 Å². The molecule has 0 bridgehead atoms. The molecule has 0 aliphatic rings. The average Bonchev–Trinajstić information content (AvgIpc) is 2.65. The number of hydrogen-bond donors (Lipinski definition) is 0. The summed E-state index contributed by atoms with van der Waals surface area (Å²) in [6.07, 6.45) is 0. The van der Waals surface area contributed by atoms with Crippen molar-refractivity contribution in [3.63, 3.8) is 0 Å². The van der Waals surface area contributed by atoms with Crippen LogP contribution in [0.15, 0.2) is 53.3 Å². The fourth-order valence-electron chi connectivity index (χ4n) is 2.98. The number of carbonyl (C=O) groups excluding carboxylic acids is 1. The number of fused-ring (bicyclic) bond motifs is 1. The summed E-state index contributed by atoms with van der Waals surface area (Å²) in [5, 5.41) is 6.15. The van der Waals surface area contributed by atoms with E-state index >= 15 is 0 Å². The largest absolute Gasteiger partial charge is 0.336 e. The molecular formula is C21H22ClN3O2. The highest BCUT2D eigenvalue weighted by Gasteiger charge is 2.20. The Morgan fingerprint density at radius 1 is 1.11 bits per heavy atom. The molecule has 1 heterocycles. The minimum atomic E-state index is -0.223. The molecule has 0 atom stereocenters. The van der Waals surface area contributed by atoms with Gasteiger partial charge in [-0.25, -0.2) is 4.68 Å². The molecule has 0 aliphatic heterocycles. The molecule has 0 unspecified atom stereocenters. The zero-order valence-electron chi connectivity index (χ0n) is 15.6. The van der Waals surface area contributed by atoms with E-state index in [-0.39, 0.29) is 17.4 Å². The zero-order valence-corrected chi connectivity index (χ0v) is 16.4. The summed E-state index contributed by atoms with van der Waals surface area (Å²) in [5.74, 6) is 0.0183. The van der Waals surface area contributed by atoms with Gasteiger partial charge in [0.25, 0.3) is 11.5 Å². The molecule has 0 N–H and O–H groups in total. The second kappa shape index (κ2) is 7.92. The predicted octanol–water partition coefficient (Wildman–Crippen LogP) is 3.98. The first-order chi connectivity index (χ1) is 12.9. The van der Waals surface area contributed by atoms with Crippen molar-refractivity contribution in [3.8, 4) is 0 Å². The standard InChI is InChI=1S/C21H22ClN3O2/c1-14(2)12-25-20(26)18-7-5-4-6-17(18)19(23-25)21(27)24(3)13-15-8-10-16(22)11-9-15/h4-11,14H,12-13H2,1-3H3. The molecule has 5 nitrogen and oxygen atoms in total. The lowest BCUT2D eigenvalue weighted by atomic mass is 10.1. The normalized spacial score (nSPS) is 11.1. The van der Waals surface area contributed by atoms with Crippen molar-refractivity contribution in [1.82, 2.24) is 14.7 Å². The molecule has 140 valence electrons. The van der Waals surface area contributed by atoms with Gasteiger partial charge < -0.3 is 4.90 Å². The number of hydrogen-bond acceptors (Lipinski definition) is 3. The van der Waals surface area contributed by atoms with E-state index in [1.807, 2.05) is 32.0 Å². The van der Waals surface area contributed by atoms with Gasteiger partial charge in [-0.1, -0.05) is 55.8 Å². The molecule has 6 heteroatoms. The maximum atomic E-state index is 13.1. The van der Waals surface area contributed by atoms with Gasteiger partial charge in [0.05, 0.1) is 5.39 Å². The van der Waals surface area contributed by atoms with E-state index in [9.17, 15) is 9.59 Å². The van der Waals surface area contributed by atoms with E-state index in [1.165, 1.54) is 4.68 Å². The lowest BCUT2D eigenvalue weighted by molar-refractivity contribution is 0.0778. The van der Waals surface area contributed by atoms with Crippen LogP contribution in [-0.2, 0) is 13.1 Å². The van der Waals surface area contributed by atoms with Gasteiger partial charge in [0, 0.05) is 30.5 Å². The van der Waals surface area contributed by atoms with Crippen molar-refractivity contribution in [1.29, 1.82) is 0 Å². The fraction of sp³-hybridized carbons (Fsp3) is 0.286. The summed E-state index contributed by atoms with van der Waals surface area (Å²) >= 11 is 5.92. The molecule has 0 spiro atoms. The molecule has 0 saturated heterocycles. The number of carbonyl (C=O) groups is 1. The van der Waals surface area contributed by atoms with Crippen LogP contribution < -0.4 is 5.56 Å². The summed E-state index contributed by atoms with van der Waals surface area (Å²) in [5.41, 5.74) is 1.09. The summed E-state index contributed by atoms with van der Waals surface area (Å²) in [7, 11) is 1.73. The predicted molar refractivity (Wildman–Crippen MR) is 108 cm³/mol. The maximum Gasteiger partial charge on any atom is 0.274 e. The monoisotopic (exact) mass is 383 g/mol. The van der Waals surface area contributed by atoms with E-state index in [0.717, 1.165) is 5.56 Å². The Hall–Kier alpha value is -2.66. The van der Waals surface area contributed by atoms with Gasteiger partial charge in [0.15, 0.2) is 5.69 Å². The van der Waals surface area contributed by atoms with Gasteiger partial charge in [-0.2, -0.15) is 5.10 Å². The van der Waals surface area contributed by atoms with Crippen molar-refractivity contribution < 1.29 is 4.79 Å². The first-order valence-corrected chi connectivity index (χ1v) is 9.24. The quantitative estimate of drug-likeness (QED) is 0.669. The van der Waals surface area contributed by atoms with Crippen LogP contribution in [0.1, 0.15) is 29.9 Å². The third kappa shape index (κ3) is 4.19. The Morgan fingerprint density at radius 3 is 2.37 bits per heavy atom. The van der Waals surface area contributed by atoms with Crippen LogP contribution in [0.2, 0.25) is 5.02 Å². The number of halogens is 1. The molecule has 0 fully saturated rings. The number of nitrogens with zero attached hydrogens (tertiary/aromatic N) is 3. The summed E-state index contributed by atoms with van der Waals surface area (Å²) in [6, 6.07) is 14.5. The molecule has 3 rings (SSSR count). The van der Waals surface area contributed by atoms with Crippen molar-refractivity contribution in [3.05, 3.63) is 75.2 Å². The van der Waals surface area contributed by atoms with Gasteiger partial charge in [-0.3, -0.25) is 9.59 Å². The van der Waals surface area contributed by atoms with E-state index < -0.39 is 0 Å². The molecule has 0 radical (unpaired) electrons. The lowest BCUT2D eigenvalue weighted by Gasteiger charge is -2.19. The highest BCUT2D eigenvalue weighted by molar-refractivity contribution is 6.30. The Kier molecular flexibility index (Phi) is 5.61. The molecule has 0 aliphatic carbocycles. The number of benzene rings is 2. The van der Waals surface area contributed by atoms with Crippen LogP contribution in [0.4, 0.5) is 0 Å². The minimum Gasteiger partial charge on any atom is -0.336 e. The van der Waals surface area contributed by atoms with Gasteiger partial charge in [-0.15, -0.1) is 0 Å². The fourth-order valence-corrected chi connectivity index (χ4v) is 3.10. The van der Waals surface area contributed by atoms with Crippen LogP contribution in [0.3, 0.4) is 0 Å². The molecule has 27 heavy (non-hydrogen) atoms. The van der Waals surface area contributed by atoms with E-state index in [2.05, 4.69) is 5.10 Å². The number of rotatable bonds is 5. The van der Waals surface area contributed by atoms with Gasteiger partial charge in [0.2, 0.25) is 0 Å². The summed E-state index contributed by atoms with van der Waals surface area (Å²) < 4.78 is 1.40. The van der Waals surface area contributed by atoms with Crippen LogP contribution in [0, 0.1) is 5.92 Å².